The van der Waals surface area contributed by atoms with Gasteiger partial charge in [-0.1, -0.05) is 19.7 Å². The normalized spacial score (nSPS) is 25.6. The summed E-state index contributed by atoms with van der Waals surface area (Å²) in [4.78, 5) is 43.2. The highest BCUT2D eigenvalue weighted by Crippen LogP contribution is 2.58. The van der Waals surface area contributed by atoms with E-state index in [9.17, 15) is 23.8 Å². The number of esters is 3. The summed E-state index contributed by atoms with van der Waals surface area (Å²) in [6.07, 6.45) is -0.222. The molecule has 1 N–H and O–H groups in total. The first-order valence-corrected chi connectivity index (χ1v) is 6.93. The van der Waals surface area contributed by atoms with Gasteiger partial charge in [-0.05, 0) is 0 Å². The fourth-order valence-corrected chi connectivity index (χ4v) is 2.12. The predicted molar refractivity (Wildman–Crippen MR) is 67.4 cm³/mol. The number of hydrogen-bond acceptors (Lipinski definition) is 9. The smallest absolute Gasteiger partial charge is 0.420 e. The van der Waals surface area contributed by atoms with Gasteiger partial charge < -0.3 is 19.1 Å². The molecule has 1 rings (SSSR count). The van der Waals surface area contributed by atoms with Gasteiger partial charge in [0.1, 0.15) is 0 Å². The largest absolute Gasteiger partial charge is 0.481 e. The van der Waals surface area contributed by atoms with Crippen molar-refractivity contribution < 1.29 is 47.1 Å². The molecule has 0 aromatic carbocycles. The fourth-order valence-electron chi connectivity index (χ4n) is 1.18. The van der Waals surface area contributed by atoms with Crippen molar-refractivity contribution >= 4 is 25.7 Å². The van der Waals surface area contributed by atoms with Gasteiger partial charge in [0.05, 0.1) is 0 Å². The van der Waals surface area contributed by atoms with E-state index in [2.05, 4.69) is 43.0 Å². The summed E-state index contributed by atoms with van der Waals surface area (Å²) in [6, 6.07) is 0. The maximum absolute atomic E-state index is 11.5. The van der Waals surface area contributed by atoms with E-state index in [1.807, 2.05) is 0 Å². The lowest BCUT2D eigenvalue weighted by molar-refractivity contribution is -0.350. The molecule has 0 amide bonds. The molecule has 10 nitrogen and oxygen atoms in total. The molecule has 2 atom stereocenters. The Labute approximate surface area is 124 Å². The number of rotatable bonds is 6. The number of carbonyl (C=O) groups excluding carboxylic acids is 3. The van der Waals surface area contributed by atoms with Crippen LogP contribution in [-0.4, -0.2) is 35.1 Å². The van der Waals surface area contributed by atoms with E-state index in [0.29, 0.717) is 18.2 Å². The van der Waals surface area contributed by atoms with Crippen molar-refractivity contribution in [3.63, 3.8) is 0 Å². The summed E-state index contributed by atoms with van der Waals surface area (Å²) in [5.74, 6) is -6.52. The molecule has 1 aliphatic rings. The Balaban J connectivity index is 3.23. The lowest BCUT2D eigenvalue weighted by atomic mass is 10.5. The van der Waals surface area contributed by atoms with Crippen molar-refractivity contribution in [1.82, 2.24) is 0 Å². The standard InChI is InChI=1S/C11H11O10P/c1-4-7(12)17-10-11(18-8(13)5-2,19-9(14)6-3)21-22(15,16)20-10/h4-6,10H,1-3H2,(H,15,16). The molecule has 0 radical (unpaired) electrons. The number of ether oxygens (including phenoxy) is 3. The Morgan fingerprint density at radius 1 is 1.05 bits per heavy atom. The predicted octanol–water partition coefficient (Wildman–Crippen LogP) is 0.301. The van der Waals surface area contributed by atoms with Crippen LogP contribution in [0.25, 0.3) is 0 Å². The molecule has 0 aromatic heterocycles. The molecule has 1 aliphatic heterocycles. The van der Waals surface area contributed by atoms with Crippen LogP contribution in [0.3, 0.4) is 0 Å². The number of phosphoric acid groups is 1. The van der Waals surface area contributed by atoms with Gasteiger partial charge >= 0.3 is 38.0 Å². The van der Waals surface area contributed by atoms with Crippen LogP contribution < -0.4 is 0 Å². The van der Waals surface area contributed by atoms with Gasteiger partial charge in [-0.25, -0.2) is 28.0 Å². The second-order valence-corrected chi connectivity index (χ2v) is 4.82. The topological polar surface area (TPSA) is 135 Å². The van der Waals surface area contributed by atoms with Crippen LogP contribution in [-0.2, 0) is 42.2 Å². The molecule has 120 valence electrons. The van der Waals surface area contributed by atoms with Crippen LogP contribution in [0.2, 0.25) is 0 Å². The van der Waals surface area contributed by atoms with Gasteiger partial charge in [0, 0.05) is 18.2 Å². The average molecular weight is 334 g/mol. The molecule has 1 heterocycles. The highest BCUT2D eigenvalue weighted by atomic mass is 31.2. The Morgan fingerprint density at radius 3 is 1.91 bits per heavy atom. The van der Waals surface area contributed by atoms with Crippen molar-refractivity contribution in [3.8, 4) is 0 Å². The van der Waals surface area contributed by atoms with Gasteiger partial charge in [-0.3, -0.25) is 0 Å². The summed E-state index contributed by atoms with van der Waals surface area (Å²) in [7, 11) is -4.86. The zero-order valence-corrected chi connectivity index (χ0v) is 11.9. The van der Waals surface area contributed by atoms with Crippen LogP contribution >= 0.6 is 7.82 Å². The second kappa shape index (κ2) is 6.67. The van der Waals surface area contributed by atoms with E-state index in [0.717, 1.165) is 0 Å². The van der Waals surface area contributed by atoms with Gasteiger partial charge in [0.15, 0.2) is 0 Å². The average Bonchev–Trinajstić information content (AvgIpc) is 2.68. The molecule has 0 saturated carbocycles. The molecular weight excluding hydrogens is 323 g/mol. The molecule has 0 aliphatic carbocycles. The van der Waals surface area contributed by atoms with E-state index >= 15 is 0 Å². The molecule has 0 bridgehead atoms. The molecule has 0 aromatic rings. The second-order valence-electron chi connectivity index (χ2n) is 3.49. The molecule has 2 unspecified atom stereocenters. The molecule has 1 saturated heterocycles. The molecular formula is C11H11O10P. The summed E-state index contributed by atoms with van der Waals surface area (Å²) < 4.78 is 34.0. The minimum Gasteiger partial charge on any atom is -0.420 e. The highest BCUT2D eigenvalue weighted by Gasteiger charge is 2.65. The third-order valence-corrected chi connectivity index (χ3v) is 2.91. The Bertz CT molecular complexity index is 557. The van der Waals surface area contributed by atoms with Crippen LogP contribution in [0, 0.1) is 0 Å². The first-order chi connectivity index (χ1) is 10.2. The van der Waals surface area contributed by atoms with Crippen LogP contribution in [0.1, 0.15) is 0 Å². The van der Waals surface area contributed by atoms with Crippen molar-refractivity contribution in [2.75, 3.05) is 0 Å². The van der Waals surface area contributed by atoms with Gasteiger partial charge in [-0.2, -0.15) is 0 Å². The van der Waals surface area contributed by atoms with E-state index < -0.39 is 38.0 Å². The van der Waals surface area contributed by atoms with E-state index in [4.69, 9.17) is 0 Å². The zero-order chi connectivity index (χ0) is 17.0. The Kier molecular flexibility index (Phi) is 5.39. The quantitative estimate of drug-likeness (QED) is 0.313. The maximum Gasteiger partial charge on any atom is 0.481 e. The summed E-state index contributed by atoms with van der Waals surface area (Å²) >= 11 is 0. The van der Waals surface area contributed by atoms with Crippen molar-refractivity contribution in [2.24, 2.45) is 0 Å². The van der Waals surface area contributed by atoms with Crippen molar-refractivity contribution in [3.05, 3.63) is 38.0 Å². The highest BCUT2D eigenvalue weighted by molar-refractivity contribution is 7.47. The van der Waals surface area contributed by atoms with Crippen LogP contribution in [0.5, 0.6) is 0 Å². The number of hydrogen-bond donors (Lipinski definition) is 1. The SMILES string of the molecule is C=CC(=O)OC1OP(=O)(O)OC1(OC(=O)C=C)OC(=O)C=C. The van der Waals surface area contributed by atoms with Gasteiger partial charge in [-0.15, -0.1) is 0 Å². The van der Waals surface area contributed by atoms with Crippen LogP contribution in [0.4, 0.5) is 0 Å². The number of phosphoric ester groups is 1. The number of carbonyl (C=O) groups is 3. The minimum absolute atomic E-state index is 0.639. The Hall–Kier alpha value is -2.26. The lowest BCUT2D eigenvalue weighted by Crippen LogP contribution is -2.49. The van der Waals surface area contributed by atoms with Crippen molar-refractivity contribution in [1.29, 1.82) is 0 Å². The first kappa shape index (κ1) is 17.8. The molecule has 11 heteroatoms. The van der Waals surface area contributed by atoms with Crippen LogP contribution in [0.15, 0.2) is 38.0 Å². The van der Waals surface area contributed by atoms with Crippen molar-refractivity contribution in [2.45, 2.75) is 12.3 Å². The van der Waals surface area contributed by atoms with E-state index in [1.165, 1.54) is 0 Å². The third-order valence-electron chi connectivity index (χ3n) is 1.97. The summed E-state index contributed by atoms with van der Waals surface area (Å²) in [5.41, 5.74) is 0. The monoisotopic (exact) mass is 334 g/mol. The van der Waals surface area contributed by atoms with E-state index in [-0.39, 0.29) is 0 Å². The fraction of sp³-hybridized carbons (Fsp3) is 0.182. The van der Waals surface area contributed by atoms with Gasteiger partial charge in [0.25, 0.3) is 0 Å². The molecule has 0 spiro atoms. The first-order valence-electron chi connectivity index (χ1n) is 5.44. The molecule has 1 fully saturated rings. The Morgan fingerprint density at radius 2 is 1.50 bits per heavy atom. The lowest BCUT2D eigenvalue weighted by Gasteiger charge is -2.27. The van der Waals surface area contributed by atoms with E-state index in [1.54, 1.807) is 0 Å². The molecule has 22 heavy (non-hydrogen) atoms. The maximum atomic E-state index is 11.5. The summed E-state index contributed by atoms with van der Waals surface area (Å²) in [6.45, 7) is 9.26. The minimum atomic E-state index is -4.86. The zero-order valence-electron chi connectivity index (χ0n) is 11.0. The summed E-state index contributed by atoms with van der Waals surface area (Å²) in [5, 5.41) is 0. The van der Waals surface area contributed by atoms with Gasteiger partial charge in [0.2, 0.25) is 0 Å². The third kappa shape index (κ3) is 4.12.